The molecule has 1 saturated heterocycles. The molecule has 31 heavy (non-hydrogen) atoms. The lowest BCUT2D eigenvalue weighted by molar-refractivity contribution is -0.0501. The topological polar surface area (TPSA) is 276 Å². The number of hydrogen-bond acceptors (Lipinski definition) is 14. The number of ether oxygens (including phenoxy) is 1. The monoisotopic (exact) mass is 507 g/mol. The molecule has 0 radical (unpaired) electrons. The molecular formula is C10H15N5O13P2S. The molecule has 3 rings (SSSR count). The highest BCUT2D eigenvalue weighted by atomic mass is 32.3. The number of fused-ring (bicyclic) bond motifs is 1. The van der Waals surface area contributed by atoms with Crippen molar-refractivity contribution < 1.29 is 59.6 Å². The summed E-state index contributed by atoms with van der Waals surface area (Å²) in [6, 6.07) is 0. The Labute approximate surface area is 172 Å². The van der Waals surface area contributed by atoms with E-state index in [2.05, 4.69) is 27.4 Å². The summed E-state index contributed by atoms with van der Waals surface area (Å²) in [6.45, 7) is -0.988. The summed E-state index contributed by atoms with van der Waals surface area (Å²) in [6.07, 6.45) is -3.78. The van der Waals surface area contributed by atoms with E-state index < -0.39 is 57.2 Å². The van der Waals surface area contributed by atoms with Crippen LogP contribution >= 0.6 is 15.6 Å². The highest BCUT2D eigenvalue weighted by Crippen LogP contribution is 2.49. The quantitative estimate of drug-likeness (QED) is 0.202. The van der Waals surface area contributed by atoms with E-state index in [9.17, 15) is 32.7 Å². The molecule has 21 heteroatoms. The molecule has 0 saturated carbocycles. The Hall–Kier alpha value is -1.60. The number of nitrogens with zero attached hydrogens (tertiary/aromatic N) is 4. The molecule has 1 aliphatic rings. The summed E-state index contributed by atoms with van der Waals surface area (Å²) in [5.74, 6) is 0.0359. The van der Waals surface area contributed by atoms with Gasteiger partial charge in [-0.2, -0.15) is 8.42 Å². The molecule has 2 aromatic heterocycles. The van der Waals surface area contributed by atoms with Gasteiger partial charge in [0, 0.05) is 0 Å². The van der Waals surface area contributed by atoms with Gasteiger partial charge in [0.2, 0.25) is 0 Å². The molecule has 1 aliphatic heterocycles. The van der Waals surface area contributed by atoms with E-state index in [1.54, 1.807) is 0 Å². The summed E-state index contributed by atoms with van der Waals surface area (Å²) in [7, 11) is -16.8. The smallest absolute Gasteiger partial charge is 0.387 e. The van der Waals surface area contributed by atoms with Crippen LogP contribution in [0.15, 0.2) is 12.7 Å². The van der Waals surface area contributed by atoms with Crippen LogP contribution in [0.5, 0.6) is 0 Å². The second-order valence-electron chi connectivity index (χ2n) is 5.94. The van der Waals surface area contributed by atoms with Crippen LogP contribution in [0.3, 0.4) is 0 Å². The lowest BCUT2D eigenvalue weighted by atomic mass is 10.1. The Bertz CT molecular complexity index is 1170. The second kappa shape index (κ2) is 8.39. The first-order valence-electron chi connectivity index (χ1n) is 7.84. The maximum atomic E-state index is 11.7. The zero-order valence-corrected chi connectivity index (χ0v) is 17.4. The van der Waals surface area contributed by atoms with Crippen molar-refractivity contribution in [2.24, 2.45) is 0 Å². The normalized spacial score (nSPS) is 26.9. The first-order chi connectivity index (χ1) is 14.2. The minimum Gasteiger partial charge on any atom is -0.387 e. The van der Waals surface area contributed by atoms with Crippen molar-refractivity contribution in [1.82, 2.24) is 19.5 Å². The van der Waals surface area contributed by atoms with Crippen molar-refractivity contribution in [3.05, 3.63) is 12.7 Å². The van der Waals surface area contributed by atoms with Crippen LogP contribution in [0, 0.1) is 0 Å². The third-order valence-corrected chi connectivity index (χ3v) is 7.24. The minimum atomic E-state index is -5.63. The van der Waals surface area contributed by atoms with Gasteiger partial charge in [-0.15, -0.1) is 7.94 Å². The Morgan fingerprint density at radius 1 is 1.13 bits per heavy atom. The Morgan fingerprint density at radius 2 is 1.81 bits per heavy atom. The van der Waals surface area contributed by atoms with Crippen molar-refractivity contribution in [2.75, 3.05) is 12.3 Å². The van der Waals surface area contributed by atoms with Gasteiger partial charge in [-0.3, -0.25) is 9.09 Å². The number of anilines is 1. The molecule has 0 bridgehead atoms. The third-order valence-electron chi connectivity index (χ3n) is 3.77. The van der Waals surface area contributed by atoms with Gasteiger partial charge < -0.3 is 35.4 Å². The van der Waals surface area contributed by atoms with Gasteiger partial charge >= 0.3 is 26.0 Å². The van der Waals surface area contributed by atoms with Gasteiger partial charge in [0.1, 0.15) is 30.2 Å². The SMILES string of the molecule is Nc1ncnc2c1ncn2[C@@H]1O[C@H](COP(=O)(O)OS(=O)(=O)OP(=O)(O)O)[C@@H](O)[C@H]1O. The van der Waals surface area contributed by atoms with E-state index in [4.69, 9.17) is 20.3 Å². The number of aliphatic hydroxyl groups is 2. The number of hydrogen-bond donors (Lipinski definition) is 6. The lowest BCUT2D eigenvalue weighted by Crippen LogP contribution is -2.33. The highest BCUT2D eigenvalue weighted by molar-refractivity contribution is 7.89. The highest BCUT2D eigenvalue weighted by Gasteiger charge is 2.46. The molecule has 7 N–H and O–H groups in total. The lowest BCUT2D eigenvalue weighted by Gasteiger charge is -2.17. The molecule has 18 nitrogen and oxygen atoms in total. The van der Waals surface area contributed by atoms with Crippen LogP contribution in [0.2, 0.25) is 0 Å². The van der Waals surface area contributed by atoms with Crippen LogP contribution in [-0.2, 0) is 36.7 Å². The molecule has 0 aromatic carbocycles. The van der Waals surface area contributed by atoms with Crippen LogP contribution in [0.1, 0.15) is 6.23 Å². The number of phosphoric ester groups is 1. The molecule has 3 heterocycles. The summed E-state index contributed by atoms with van der Waals surface area (Å²) in [5, 5.41) is 20.4. The standard InChI is InChI=1S/C10H15N5O13P2S/c11-8-5-9(13-2-12-8)15(3-14-5)10-7(17)6(16)4(26-10)1-25-30(21,22)28-31(23,24)27-29(18,19)20/h2-4,6-7,10,16-17H,1H2,(H,21,22)(H2,11,12,13)(H2,18,19,20)/t4-,6-,7-,10-/m1/s1. The van der Waals surface area contributed by atoms with Crippen LogP contribution in [-0.4, -0.2) is 77.7 Å². The number of imidazole rings is 1. The molecule has 1 unspecified atom stereocenters. The molecule has 0 aliphatic carbocycles. The average molecular weight is 507 g/mol. The fourth-order valence-electron chi connectivity index (χ4n) is 2.59. The number of phosphoric acid groups is 2. The average Bonchev–Trinajstić information content (AvgIpc) is 3.13. The third kappa shape index (κ3) is 5.61. The molecular weight excluding hydrogens is 492 g/mol. The number of nitrogen functional groups attached to an aromatic ring is 1. The summed E-state index contributed by atoms with van der Waals surface area (Å²) < 4.78 is 62.5. The molecule has 1 fully saturated rings. The van der Waals surface area contributed by atoms with Gasteiger partial charge in [0.15, 0.2) is 17.7 Å². The largest absolute Gasteiger partial charge is 0.488 e. The Kier molecular flexibility index (Phi) is 6.51. The molecule has 5 atom stereocenters. The van der Waals surface area contributed by atoms with Crippen molar-refractivity contribution in [3.8, 4) is 0 Å². The van der Waals surface area contributed by atoms with Crippen molar-refractivity contribution in [1.29, 1.82) is 0 Å². The fraction of sp³-hybridized carbons (Fsp3) is 0.500. The summed E-state index contributed by atoms with van der Waals surface area (Å²) in [5.41, 5.74) is 5.98. The van der Waals surface area contributed by atoms with E-state index in [0.29, 0.717) is 0 Å². The second-order valence-corrected chi connectivity index (χ2v) is 10.1. The number of nitrogens with two attached hydrogens (primary N) is 1. The predicted molar refractivity (Wildman–Crippen MR) is 94.6 cm³/mol. The van der Waals surface area contributed by atoms with Crippen molar-refractivity contribution in [3.63, 3.8) is 0 Å². The molecule has 0 amide bonds. The summed E-state index contributed by atoms with van der Waals surface area (Å²) in [4.78, 5) is 38.0. The predicted octanol–water partition coefficient (Wildman–Crippen LogP) is -2.48. The summed E-state index contributed by atoms with van der Waals surface area (Å²) >= 11 is 0. The molecule has 174 valence electrons. The maximum absolute atomic E-state index is 11.7. The molecule has 2 aromatic rings. The van der Waals surface area contributed by atoms with Gasteiger partial charge in [0.25, 0.3) is 0 Å². The fourth-order valence-corrected chi connectivity index (χ4v) is 5.33. The number of aliphatic hydroxyl groups excluding tert-OH is 2. The van der Waals surface area contributed by atoms with Gasteiger partial charge in [-0.1, -0.05) is 0 Å². The number of aromatic nitrogens is 4. The Morgan fingerprint density at radius 3 is 2.45 bits per heavy atom. The number of rotatable bonds is 8. The zero-order valence-electron chi connectivity index (χ0n) is 14.8. The maximum Gasteiger partial charge on any atom is 0.488 e. The van der Waals surface area contributed by atoms with E-state index in [1.807, 2.05) is 0 Å². The zero-order chi connectivity index (χ0) is 23.2. The Balaban J connectivity index is 1.70. The first kappa shape index (κ1) is 24.1. The van der Waals surface area contributed by atoms with E-state index in [-0.39, 0.29) is 17.0 Å². The van der Waals surface area contributed by atoms with Crippen molar-refractivity contribution in [2.45, 2.75) is 24.5 Å². The van der Waals surface area contributed by atoms with Crippen LogP contribution in [0.25, 0.3) is 11.2 Å². The van der Waals surface area contributed by atoms with Gasteiger partial charge in [-0.05, 0) is 0 Å². The van der Waals surface area contributed by atoms with Crippen LogP contribution < -0.4 is 5.73 Å². The minimum absolute atomic E-state index is 0.0359. The molecule has 0 spiro atoms. The van der Waals surface area contributed by atoms with E-state index in [0.717, 1.165) is 6.33 Å². The van der Waals surface area contributed by atoms with Gasteiger partial charge in [0.05, 0.1) is 12.9 Å². The van der Waals surface area contributed by atoms with Gasteiger partial charge in [-0.25, -0.2) is 24.1 Å². The van der Waals surface area contributed by atoms with E-state index >= 15 is 0 Å². The van der Waals surface area contributed by atoms with Crippen molar-refractivity contribution >= 4 is 43.0 Å². The van der Waals surface area contributed by atoms with Crippen LogP contribution in [0.4, 0.5) is 5.82 Å². The van der Waals surface area contributed by atoms with E-state index in [1.165, 1.54) is 10.9 Å². The first-order valence-corrected chi connectivity index (χ1v) is 12.2.